The Labute approximate surface area is 148 Å². The summed E-state index contributed by atoms with van der Waals surface area (Å²) < 4.78 is 18.9. The molecule has 4 nitrogen and oxygen atoms in total. The summed E-state index contributed by atoms with van der Waals surface area (Å²) in [6.07, 6.45) is 1.66. The van der Waals surface area contributed by atoms with Crippen molar-refractivity contribution in [3.63, 3.8) is 0 Å². The first-order chi connectivity index (χ1) is 12.2. The average Bonchev–Trinajstić information content (AvgIpc) is 3.07. The first-order valence-electron chi connectivity index (χ1n) is 9.07. The Morgan fingerprint density at radius 2 is 1.84 bits per heavy atom. The molecular weight excluding hydrogens is 319 g/mol. The molecule has 0 radical (unpaired) electrons. The van der Waals surface area contributed by atoms with E-state index < -0.39 is 0 Å². The summed E-state index contributed by atoms with van der Waals surface area (Å²) >= 11 is 0. The lowest BCUT2D eigenvalue weighted by molar-refractivity contribution is 0.0467. The summed E-state index contributed by atoms with van der Waals surface area (Å²) in [5.41, 5.74) is 1.11. The van der Waals surface area contributed by atoms with Crippen LogP contribution in [0.4, 0.5) is 4.39 Å². The van der Waals surface area contributed by atoms with E-state index in [0.29, 0.717) is 6.04 Å². The van der Waals surface area contributed by atoms with Gasteiger partial charge in [0, 0.05) is 45.2 Å². The molecule has 1 aromatic heterocycles. The molecule has 1 aromatic carbocycles. The van der Waals surface area contributed by atoms with Crippen molar-refractivity contribution in [2.45, 2.75) is 38.9 Å². The first kappa shape index (κ1) is 18.1. The third-order valence-electron chi connectivity index (χ3n) is 4.90. The molecule has 1 aliphatic heterocycles. The van der Waals surface area contributed by atoms with E-state index in [9.17, 15) is 9.50 Å². The van der Waals surface area contributed by atoms with Gasteiger partial charge in [0.05, 0.1) is 6.54 Å². The summed E-state index contributed by atoms with van der Waals surface area (Å²) in [5.74, 6) is 1.83. The van der Waals surface area contributed by atoms with Crippen LogP contribution in [0.2, 0.25) is 0 Å². The van der Waals surface area contributed by atoms with Crippen LogP contribution in [0.1, 0.15) is 30.4 Å². The van der Waals surface area contributed by atoms with Gasteiger partial charge in [-0.3, -0.25) is 9.80 Å². The van der Waals surface area contributed by atoms with Crippen LogP contribution in [0.25, 0.3) is 0 Å². The lowest BCUT2D eigenvalue weighted by Gasteiger charge is -2.41. The van der Waals surface area contributed by atoms with Gasteiger partial charge in [-0.15, -0.1) is 0 Å². The average molecular weight is 346 g/mol. The van der Waals surface area contributed by atoms with Crippen molar-refractivity contribution < 1.29 is 13.9 Å². The largest absolute Gasteiger partial charge is 0.465 e. The Balaban J connectivity index is 1.60. The molecule has 0 aliphatic carbocycles. The SMILES string of the molecule is CCc1ccc(CN2CCN(Cc3ccc(F)cc3)[C@H](CCO)C2)o1. The van der Waals surface area contributed by atoms with E-state index >= 15 is 0 Å². The molecule has 136 valence electrons. The van der Waals surface area contributed by atoms with Gasteiger partial charge < -0.3 is 9.52 Å². The molecule has 5 heteroatoms. The zero-order chi connectivity index (χ0) is 17.6. The molecule has 1 aliphatic rings. The molecule has 0 bridgehead atoms. The number of hydrogen-bond donors (Lipinski definition) is 1. The van der Waals surface area contributed by atoms with E-state index in [1.165, 1.54) is 12.1 Å². The van der Waals surface area contributed by atoms with E-state index in [4.69, 9.17) is 4.42 Å². The van der Waals surface area contributed by atoms with Crippen molar-refractivity contribution in [3.8, 4) is 0 Å². The minimum Gasteiger partial charge on any atom is -0.465 e. The van der Waals surface area contributed by atoms with Crippen LogP contribution >= 0.6 is 0 Å². The Hall–Kier alpha value is -1.69. The molecule has 0 spiro atoms. The predicted octanol–water partition coefficient (Wildman–Crippen LogP) is 3.05. The standard InChI is InChI=1S/C20H27FN2O2/c1-2-19-7-8-20(25-19)15-22-10-11-23(18(14-22)9-12-24)13-16-3-5-17(21)6-4-16/h3-8,18,24H,2,9-15H2,1H3/t18-/m1/s1. The van der Waals surface area contributed by atoms with E-state index in [0.717, 1.165) is 62.6 Å². The normalized spacial score (nSPS) is 19.4. The molecule has 1 N–H and O–H groups in total. The van der Waals surface area contributed by atoms with E-state index in [2.05, 4.69) is 22.8 Å². The fourth-order valence-electron chi connectivity index (χ4n) is 3.47. The van der Waals surface area contributed by atoms with Crippen molar-refractivity contribution in [1.82, 2.24) is 9.80 Å². The van der Waals surface area contributed by atoms with Crippen LogP contribution in [0.15, 0.2) is 40.8 Å². The highest BCUT2D eigenvalue weighted by Crippen LogP contribution is 2.19. The van der Waals surface area contributed by atoms with Gasteiger partial charge in [0.15, 0.2) is 0 Å². The number of halogens is 1. The van der Waals surface area contributed by atoms with Crippen molar-refractivity contribution in [3.05, 3.63) is 59.3 Å². The van der Waals surface area contributed by atoms with Crippen molar-refractivity contribution in [2.75, 3.05) is 26.2 Å². The van der Waals surface area contributed by atoms with E-state index in [-0.39, 0.29) is 12.4 Å². The summed E-state index contributed by atoms with van der Waals surface area (Å²) in [6.45, 7) is 6.68. The number of nitrogens with zero attached hydrogens (tertiary/aromatic N) is 2. The second kappa shape index (κ2) is 8.61. The molecule has 3 rings (SSSR count). The Bertz CT molecular complexity index is 656. The van der Waals surface area contributed by atoms with E-state index in [1.807, 2.05) is 18.2 Å². The second-order valence-electron chi connectivity index (χ2n) is 6.72. The van der Waals surface area contributed by atoms with Gasteiger partial charge >= 0.3 is 0 Å². The second-order valence-corrected chi connectivity index (χ2v) is 6.72. The maximum absolute atomic E-state index is 13.1. The lowest BCUT2D eigenvalue weighted by Crippen LogP contribution is -2.52. The highest BCUT2D eigenvalue weighted by molar-refractivity contribution is 5.16. The number of hydrogen-bond acceptors (Lipinski definition) is 4. The zero-order valence-electron chi connectivity index (χ0n) is 14.8. The van der Waals surface area contributed by atoms with Gasteiger partial charge in [-0.25, -0.2) is 4.39 Å². The minimum atomic E-state index is -0.203. The number of piperazine rings is 1. The molecule has 0 saturated carbocycles. The molecule has 2 aromatic rings. The predicted molar refractivity (Wildman–Crippen MR) is 95.7 cm³/mol. The Kier molecular flexibility index (Phi) is 6.24. The highest BCUT2D eigenvalue weighted by Gasteiger charge is 2.27. The maximum Gasteiger partial charge on any atom is 0.123 e. The molecule has 2 heterocycles. The summed E-state index contributed by atoms with van der Waals surface area (Å²) in [4.78, 5) is 4.78. The third-order valence-corrected chi connectivity index (χ3v) is 4.90. The molecule has 1 saturated heterocycles. The highest BCUT2D eigenvalue weighted by atomic mass is 19.1. The topological polar surface area (TPSA) is 39.9 Å². The summed E-state index contributed by atoms with van der Waals surface area (Å²) in [7, 11) is 0. The number of benzene rings is 1. The number of aliphatic hydroxyl groups excluding tert-OH is 1. The fourth-order valence-corrected chi connectivity index (χ4v) is 3.47. The lowest BCUT2D eigenvalue weighted by atomic mass is 10.1. The number of rotatable bonds is 7. The maximum atomic E-state index is 13.1. The molecule has 0 unspecified atom stereocenters. The molecule has 1 atom stereocenters. The van der Waals surface area contributed by atoms with Gasteiger partial charge in [0.1, 0.15) is 17.3 Å². The third kappa shape index (κ3) is 4.91. The Morgan fingerprint density at radius 1 is 1.08 bits per heavy atom. The van der Waals surface area contributed by atoms with Crippen molar-refractivity contribution >= 4 is 0 Å². The number of furan rings is 1. The van der Waals surface area contributed by atoms with Gasteiger partial charge in [0.2, 0.25) is 0 Å². The minimum absolute atomic E-state index is 0.180. The monoisotopic (exact) mass is 346 g/mol. The Morgan fingerprint density at radius 3 is 2.52 bits per heavy atom. The fraction of sp³-hybridized carbons (Fsp3) is 0.500. The zero-order valence-corrected chi connectivity index (χ0v) is 14.8. The summed E-state index contributed by atoms with van der Waals surface area (Å²) in [5, 5.41) is 9.44. The van der Waals surface area contributed by atoms with Crippen LogP contribution in [0, 0.1) is 5.82 Å². The van der Waals surface area contributed by atoms with Gasteiger partial charge in [-0.1, -0.05) is 19.1 Å². The van der Waals surface area contributed by atoms with Gasteiger partial charge in [-0.2, -0.15) is 0 Å². The summed E-state index contributed by atoms with van der Waals surface area (Å²) in [6, 6.07) is 11.1. The molecule has 0 amide bonds. The van der Waals surface area contributed by atoms with Crippen molar-refractivity contribution in [1.29, 1.82) is 0 Å². The smallest absolute Gasteiger partial charge is 0.123 e. The molecular formula is C20H27FN2O2. The van der Waals surface area contributed by atoms with Crippen LogP contribution < -0.4 is 0 Å². The number of aliphatic hydroxyl groups is 1. The van der Waals surface area contributed by atoms with Gasteiger partial charge in [-0.05, 0) is 36.2 Å². The van der Waals surface area contributed by atoms with Crippen LogP contribution in [0.3, 0.4) is 0 Å². The van der Waals surface area contributed by atoms with E-state index in [1.54, 1.807) is 0 Å². The first-order valence-corrected chi connectivity index (χ1v) is 9.07. The van der Waals surface area contributed by atoms with Crippen LogP contribution in [0.5, 0.6) is 0 Å². The van der Waals surface area contributed by atoms with Crippen LogP contribution in [-0.2, 0) is 19.5 Å². The van der Waals surface area contributed by atoms with Crippen LogP contribution in [-0.4, -0.2) is 47.2 Å². The quantitative estimate of drug-likeness (QED) is 0.836. The molecule has 1 fully saturated rings. The van der Waals surface area contributed by atoms with Gasteiger partial charge in [0.25, 0.3) is 0 Å². The molecule has 25 heavy (non-hydrogen) atoms. The van der Waals surface area contributed by atoms with Crippen molar-refractivity contribution in [2.24, 2.45) is 0 Å². The number of aryl methyl sites for hydroxylation is 1.